The predicted molar refractivity (Wildman–Crippen MR) is 59.4 cm³/mol. The number of aldehydes is 1. The second-order valence-corrected chi connectivity index (χ2v) is 3.44. The molecule has 0 aromatic heterocycles. The molecule has 0 aromatic rings. The summed E-state index contributed by atoms with van der Waals surface area (Å²) in [5.74, 6) is -0.228. The largest absolute Gasteiger partial charge is 0.469 e. The van der Waals surface area contributed by atoms with Gasteiger partial charge in [-0.2, -0.15) is 0 Å². The number of allylic oxidation sites excluding steroid dienone is 3. The van der Waals surface area contributed by atoms with Crippen LogP contribution < -0.4 is 0 Å². The summed E-state index contributed by atoms with van der Waals surface area (Å²) in [7, 11) is 1.38. The standard InChI is InChI=1S/C12H18O3/c1-10(7-8-12(14)15-3)5-4-6-11(2)9-13/h6-7,9H,4-5,8H2,1-3H3. The zero-order chi connectivity index (χ0) is 11.7. The van der Waals surface area contributed by atoms with Gasteiger partial charge in [0, 0.05) is 0 Å². The second-order valence-electron chi connectivity index (χ2n) is 3.44. The van der Waals surface area contributed by atoms with E-state index in [0.717, 1.165) is 30.3 Å². The van der Waals surface area contributed by atoms with E-state index in [0.29, 0.717) is 6.42 Å². The highest BCUT2D eigenvalue weighted by Gasteiger charge is 1.96. The van der Waals surface area contributed by atoms with Crippen molar-refractivity contribution in [1.82, 2.24) is 0 Å². The summed E-state index contributed by atoms with van der Waals surface area (Å²) in [4.78, 5) is 21.1. The lowest BCUT2D eigenvalue weighted by molar-refractivity contribution is -0.139. The van der Waals surface area contributed by atoms with E-state index in [9.17, 15) is 9.59 Å². The molecule has 0 aliphatic heterocycles. The van der Waals surface area contributed by atoms with Crippen LogP contribution in [-0.4, -0.2) is 19.4 Å². The molecule has 3 heteroatoms. The van der Waals surface area contributed by atoms with Crippen molar-refractivity contribution in [3.63, 3.8) is 0 Å². The van der Waals surface area contributed by atoms with Crippen LogP contribution in [0.3, 0.4) is 0 Å². The van der Waals surface area contributed by atoms with Crippen molar-refractivity contribution >= 4 is 12.3 Å². The Balaban J connectivity index is 3.87. The molecular formula is C12H18O3. The molecule has 0 saturated carbocycles. The van der Waals surface area contributed by atoms with Crippen molar-refractivity contribution in [3.8, 4) is 0 Å². The van der Waals surface area contributed by atoms with E-state index in [4.69, 9.17) is 0 Å². The quantitative estimate of drug-likeness (QED) is 0.292. The molecule has 0 aliphatic rings. The molecule has 0 amide bonds. The number of carbonyl (C=O) groups is 2. The van der Waals surface area contributed by atoms with Crippen molar-refractivity contribution < 1.29 is 14.3 Å². The van der Waals surface area contributed by atoms with E-state index < -0.39 is 0 Å². The maximum Gasteiger partial charge on any atom is 0.309 e. The molecule has 0 aliphatic carbocycles. The van der Waals surface area contributed by atoms with Crippen LogP contribution in [0.1, 0.15) is 33.1 Å². The van der Waals surface area contributed by atoms with E-state index in [-0.39, 0.29) is 5.97 Å². The highest BCUT2D eigenvalue weighted by atomic mass is 16.5. The molecule has 0 rings (SSSR count). The Morgan fingerprint density at radius 1 is 1.27 bits per heavy atom. The summed E-state index contributed by atoms with van der Waals surface area (Å²) in [5, 5.41) is 0. The molecule has 0 saturated heterocycles. The molecule has 0 bridgehead atoms. The van der Waals surface area contributed by atoms with Crippen molar-refractivity contribution in [1.29, 1.82) is 0 Å². The number of hydrogen-bond acceptors (Lipinski definition) is 3. The molecule has 84 valence electrons. The molecule has 0 unspecified atom stereocenters. The van der Waals surface area contributed by atoms with Gasteiger partial charge in [-0.1, -0.05) is 17.7 Å². The minimum atomic E-state index is -0.228. The van der Waals surface area contributed by atoms with Crippen LogP contribution >= 0.6 is 0 Å². The molecule has 0 atom stereocenters. The minimum Gasteiger partial charge on any atom is -0.469 e. The molecule has 0 aromatic carbocycles. The summed E-state index contributed by atoms with van der Waals surface area (Å²) < 4.78 is 4.52. The predicted octanol–water partition coefficient (Wildman–Crippen LogP) is 2.42. The Morgan fingerprint density at radius 3 is 2.47 bits per heavy atom. The van der Waals surface area contributed by atoms with Gasteiger partial charge in [0.2, 0.25) is 0 Å². The molecule has 15 heavy (non-hydrogen) atoms. The summed E-state index contributed by atoms with van der Waals surface area (Å²) in [6.07, 6.45) is 6.60. The fraction of sp³-hybridized carbons (Fsp3) is 0.500. The number of ether oxygens (including phenoxy) is 1. The van der Waals surface area contributed by atoms with Gasteiger partial charge in [0.1, 0.15) is 6.29 Å². The third-order valence-electron chi connectivity index (χ3n) is 2.04. The molecule has 0 radical (unpaired) electrons. The smallest absolute Gasteiger partial charge is 0.309 e. The summed E-state index contributed by atoms with van der Waals surface area (Å²) in [6.45, 7) is 3.74. The number of hydrogen-bond donors (Lipinski definition) is 0. The van der Waals surface area contributed by atoms with Crippen molar-refractivity contribution in [2.24, 2.45) is 0 Å². The highest BCUT2D eigenvalue weighted by molar-refractivity contribution is 5.72. The zero-order valence-electron chi connectivity index (χ0n) is 9.58. The van der Waals surface area contributed by atoms with Gasteiger partial charge in [0.25, 0.3) is 0 Å². The Labute approximate surface area is 90.8 Å². The van der Waals surface area contributed by atoms with E-state index >= 15 is 0 Å². The number of esters is 1. The van der Waals surface area contributed by atoms with Gasteiger partial charge in [0.05, 0.1) is 13.5 Å². The molecule has 0 spiro atoms. The summed E-state index contributed by atoms with van der Waals surface area (Å²) in [5.41, 5.74) is 1.88. The van der Waals surface area contributed by atoms with Crippen molar-refractivity contribution in [2.75, 3.05) is 7.11 Å². The van der Waals surface area contributed by atoms with Crippen LogP contribution in [0.4, 0.5) is 0 Å². The zero-order valence-corrected chi connectivity index (χ0v) is 9.58. The van der Waals surface area contributed by atoms with Crippen LogP contribution in [-0.2, 0) is 14.3 Å². The van der Waals surface area contributed by atoms with Crippen LogP contribution in [0, 0.1) is 0 Å². The number of methoxy groups -OCH3 is 1. The highest BCUT2D eigenvalue weighted by Crippen LogP contribution is 2.07. The van der Waals surface area contributed by atoms with E-state index in [1.807, 2.05) is 19.1 Å². The normalized spacial score (nSPS) is 12.5. The first-order valence-corrected chi connectivity index (χ1v) is 4.94. The average Bonchev–Trinajstić information content (AvgIpc) is 2.25. The molecule has 0 N–H and O–H groups in total. The Kier molecular flexibility index (Phi) is 7.24. The average molecular weight is 210 g/mol. The molecule has 3 nitrogen and oxygen atoms in total. The second kappa shape index (κ2) is 7.97. The maximum atomic E-state index is 10.8. The lowest BCUT2D eigenvalue weighted by Crippen LogP contribution is -1.97. The lowest BCUT2D eigenvalue weighted by Gasteiger charge is -1.98. The van der Waals surface area contributed by atoms with E-state index in [1.54, 1.807) is 6.92 Å². The maximum absolute atomic E-state index is 10.8. The van der Waals surface area contributed by atoms with Gasteiger partial charge in [0.15, 0.2) is 0 Å². The SMILES string of the molecule is COC(=O)CC=C(C)CCC=C(C)C=O. The van der Waals surface area contributed by atoms with Gasteiger partial charge in [-0.3, -0.25) is 9.59 Å². The first kappa shape index (κ1) is 13.6. The molecule has 0 fully saturated rings. The Bertz CT molecular complexity index is 275. The Hall–Kier alpha value is -1.38. The van der Waals surface area contributed by atoms with Gasteiger partial charge < -0.3 is 4.74 Å². The lowest BCUT2D eigenvalue weighted by atomic mass is 10.1. The third kappa shape index (κ3) is 7.67. The molecule has 0 heterocycles. The van der Waals surface area contributed by atoms with Gasteiger partial charge >= 0.3 is 5.97 Å². The minimum absolute atomic E-state index is 0.228. The number of carbonyl (C=O) groups excluding carboxylic acids is 2. The van der Waals surface area contributed by atoms with Crippen LogP contribution in [0.5, 0.6) is 0 Å². The van der Waals surface area contributed by atoms with Crippen molar-refractivity contribution in [3.05, 3.63) is 23.3 Å². The van der Waals surface area contributed by atoms with E-state index in [1.165, 1.54) is 7.11 Å². The van der Waals surface area contributed by atoms with Crippen LogP contribution in [0.25, 0.3) is 0 Å². The first-order valence-electron chi connectivity index (χ1n) is 4.94. The fourth-order valence-electron chi connectivity index (χ4n) is 1.02. The van der Waals surface area contributed by atoms with Gasteiger partial charge in [-0.05, 0) is 32.3 Å². The van der Waals surface area contributed by atoms with Gasteiger partial charge in [-0.15, -0.1) is 0 Å². The summed E-state index contributed by atoms with van der Waals surface area (Å²) >= 11 is 0. The monoisotopic (exact) mass is 210 g/mol. The van der Waals surface area contributed by atoms with Crippen LogP contribution in [0.2, 0.25) is 0 Å². The van der Waals surface area contributed by atoms with Crippen molar-refractivity contribution in [2.45, 2.75) is 33.1 Å². The van der Waals surface area contributed by atoms with Crippen LogP contribution in [0.15, 0.2) is 23.3 Å². The summed E-state index contributed by atoms with van der Waals surface area (Å²) in [6, 6.07) is 0. The van der Waals surface area contributed by atoms with Gasteiger partial charge in [-0.25, -0.2) is 0 Å². The fourth-order valence-corrected chi connectivity index (χ4v) is 1.02. The third-order valence-corrected chi connectivity index (χ3v) is 2.04. The Morgan fingerprint density at radius 2 is 1.93 bits per heavy atom. The number of rotatable bonds is 6. The first-order chi connectivity index (χ1) is 7.10. The van der Waals surface area contributed by atoms with E-state index in [2.05, 4.69) is 4.74 Å². The molecular weight excluding hydrogens is 192 g/mol. The topological polar surface area (TPSA) is 43.4 Å².